The zero-order chi connectivity index (χ0) is 75.7. The molecule has 23 heteroatoms. The standard InChI is InChI=1S/C42H36N4O6S.C26H27NO6S.C16H11N3O/c1-42(32-11-7-4-8-12-32)34(38(45-2)39(52-42)31(26-43)27-44)16-18-37-41-40(49-23-24-50-41)36(53-37)17-14-30-13-15-33(46(19-21-47)20-22-48)25-35(30)51-28-29-9-5-3-6-10-29;28-12-10-27(11-13-29)21-8-6-20(22(16-21)33-18-19-4-2-1-3-5-19)7-9-23-25-26(24(17-30)34-23)32-15-14-31-25;1-11-14(10-19)15(12(8-17)9-18)20-16(11,2)13-6-4-3-5-7-13/h3-18,25,47-48H,19-24,28H2,1H3;1-9,16-17,28-29H,10-15,18H2;3-7H,1-2H3/b17-14+,18-16+;9-7+;. The highest BCUT2D eigenvalue weighted by atomic mass is 32.1. The number of rotatable bonds is 25. The first-order chi connectivity index (χ1) is 52.2. The van der Waals surface area contributed by atoms with Crippen molar-refractivity contribution in [2.75, 3.05) is 88.8 Å². The summed E-state index contributed by atoms with van der Waals surface area (Å²) in [6, 6.07) is 59.4. The smallest absolute Gasteiger partial charge is 0.237 e. The van der Waals surface area contributed by atoms with E-state index >= 15 is 0 Å². The first kappa shape index (κ1) is 77.0. The second-order valence-corrected chi connectivity index (χ2v) is 26.4. The number of hydrogen-bond acceptors (Lipinski definition) is 22. The maximum absolute atomic E-state index is 11.4. The fraction of sp³-hybridized carbons (Fsp3) is 0.226. The van der Waals surface area contributed by atoms with Crippen molar-refractivity contribution in [1.29, 1.82) is 26.3 Å². The molecule has 4 N–H and O–H groups in total. The highest BCUT2D eigenvalue weighted by Crippen LogP contribution is 2.51. The molecule has 4 aliphatic rings. The molecule has 0 aliphatic carbocycles. The Morgan fingerprint density at radius 3 is 1.28 bits per heavy atom. The van der Waals surface area contributed by atoms with Crippen LogP contribution in [0.2, 0.25) is 0 Å². The number of ether oxygens (including phenoxy) is 8. The van der Waals surface area contributed by atoms with Gasteiger partial charge in [-0.15, -0.1) is 22.7 Å². The van der Waals surface area contributed by atoms with E-state index in [2.05, 4.69) is 4.85 Å². The lowest BCUT2D eigenvalue weighted by atomic mass is 9.87. The largest absolute Gasteiger partial charge is 0.488 e. The zero-order valence-electron chi connectivity index (χ0n) is 58.8. The van der Waals surface area contributed by atoms with Crippen LogP contribution in [0.4, 0.5) is 11.4 Å². The van der Waals surface area contributed by atoms with Gasteiger partial charge in [0.25, 0.3) is 0 Å². The summed E-state index contributed by atoms with van der Waals surface area (Å²) in [5, 5.41) is 84.7. The molecule has 0 saturated heterocycles. The number of thiophene rings is 2. The van der Waals surface area contributed by atoms with E-state index in [9.17, 15) is 41.0 Å². The van der Waals surface area contributed by atoms with Crippen LogP contribution >= 0.6 is 22.7 Å². The van der Waals surface area contributed by atoms with Gasteiger partial charge in [0, 0.05) is 66.4 Å². The number of benzene rings is 6. The van der Waals surface area contributed by atoms with Crippen molar-refractivity contribution in [1.82, 2.24) is 0 Å². The van der Waals surface area contributed by atoms with Gasteiger partial charge >= 0.3 is 0 Å². The minimum absolute atomic E-state index is 0.0213. The summed E-state index contributed by atoms with van der Waals surface area (Å²) in [6.07, 6.45) is 12.1. The Morgan fingerprint density at radius 2 is 0.888 bits per heavy atom. The van der Waals surface area contributed by atoms with Crippen LogP contribution in [0.25, 0.3) is 35.2 Å². The van der Waals surface area contributed by atoms with E-state index in [0.717, 1.165) is 65.7 Å². The number of fused-ring (bicyclic) bond motifs is 2. The van der Waals surface area contributed by atoms with E-state index in [1.807, 2.05) is 230 Å². The highest BCUT2D eigenvalue weighted by Gasteiger charge is 2.45. The van der Waals surface area contributed by atoms with Crippen molar-refractivity contribution in [3.63, 3.8) is 0 Å². The minimum Gasteiger partial charge on any atom is -0.488 e. The van der Waals surface area contributed by atoms with E-state index in [1.165, 1.54) is 22.7 Å². The number of aliphatic hydroxyl groups is 4. The topological polar surface area (TPSA) is 302 Å². The summed E-state index contributed by atoms with van der Waals surface area (Å²) in [5.41, 5.74) is 6.13. The predicted molar refractivity (Wildman–Crippen MR) is 408 cm³/mol. The third-order valence-electron chi connectivity index (χ3n) is 17.6. The molecule has 540 valence electrons. The lowest BCUT2D eigenvalue weighted by molar-refractivity contribution is 0.0728. The molecule has 4 aliphatic heterocycles. The van der Waals surface area contributed by atoms with E-state index < -0.39 is 11.2 Å². The number of anilines is 2. The minimum atomic E-state index is -1.14. The Hall–Kier alpha value is -12.7. The van der Waals surface area contributed by atoms with Crippen LogP contribution < -0.4 is 38.2 Å². The molecule has 8 aromatic rings. The fourth-order valence-electron chi connectivity index (χ4n) is 12.0. The summed E-state index contributed by atoms with van der Waals surface area (Å²) in [4.78, 5) is 21.8. The van der Waals surface area contributed by atoms with Crippen LogP contribution in [0.1, 0.15) is 78.5 Å². The third kappa shape index (κ3) is 17.9. The van der Waals surface area contributed by atoms with Gasteiger partial charge in [-0.3, -0.25) is 4.79 Å². The fourth-order valence-corrected chi connectivity index (χ4v) is 13.9. The quantitative estimate of drug-likeness (QED) is 0.0235. The van der Waals surface area contributed by atoms with Gasteiger partial charge < -0.3 is 68.1 Å². The van der Waals surface area contributed by atoms with Crippen molar-refractivity contribution < 1.29 is 63.1 Å². The number of aldehydes is 1. The SMILES string of the molecule is CC1=C(C#N)C(=C(C#N)C#N)OC1(C)c1ccccc1.O=Cc1sc(/C=C/c2ccc(N(CCO)CCO)cc2OCc2ccccc2)c2c1OCCO2.[C-]#[N+]C1=C(/C=C/c2sc(/C=C/c3ccc(N(CCO)CCO)cc3OCc3ccccc3)c3c2OCCO3)C(C)(c2ccccc2)OC1=C(C#N)C#N. The first-order valence-corrected chi connectivity index (χ1v) is 35.6. The summed E-state index contributed by atoms with van der Waals surface area (Å²) < 4.78 is 48.3. The average Bonchev–Trinajstić information content (AvgIpc) is 1.61. The normalized spacial score (nSPS) is 15.9. The number of aliphatic hydroxyl groups excluding tert-OH is 4. The van der Waals surface area contributed by atoms with E-state index in [0.29, 0.717) is 116 Å². The van der Waals surface area contributed by atoms with Crippen LogP contribution in [-0.4, -0.2) is 106 Å². The molecule has 2 unspecified atom stereocenters. The lowest BCUT2D eigenvalue weighted by Crippen LogP contribution is -2.29. The van der Waals surface area contributed by atoms with Gasteiger partial charge in [-0.2, -0.15) is 26.3 Å². The van der Waals surface area contributed by atoms with Crippen molar-refractivity contribution in [2.24, 2.45) is 0 Å². The lowest BCUT2D eigenvalue weighted by Gasteiger charge is -2.28. The molecule has 0 amide bonds. The number of allylic oxidation sites excluding steroid dienone is 3. The molecule has 6 aromatic carbocycles. The highest BCUT2D eigenvalue weighted by molar-refractivity contribution is 7.15. The molecule has 21 nitrogen and oxygen atoms in total. The van der Waals surface area contributed by atoms with E-state index in [1.54, 1.807) is 25.1 Å². The van der Waals surface area contributed by atoms with Gasteiger partial charge in [-0.1, -0.05) is 127 Å². The Morgan fingerprint density at radius 1 is 0.514 bits per heavy atom. The molecule has 0 fully saturated rings. The molecule has 107 heavy (non-hydrogen) atoms. The van der Waals surface area contributed by atoms with Crippen LogP contribution in [0.5, 0.6) is 34.5 Å². The van der Waals surface area contributed by atoms with E-state index in [-0.39, 0.29) is 60.4 Å². The van der Waals surface area contributed by atoms with Crippen LogP contribution in [-0.2, 0) is 33.9 Å². The van der Waals surface area contributed by atoms with Crippen molar-refractivity contribution in [3.8, 4) is 64.8 Å². The molecule has 0 saturated carbocycles. The molecule has 12 rings (SSSR count). The molecule has 0 radical (unpaired) electrons. The summed E-state index contributed by atoms with van der Waals surface area (Å²) >= 11 is 2.77. The van der Waals surface area contributed by atoms with Gasteiger partial charge in [0.15, 0.2) is 57.5 Å². The molecular formula is C84H74N8O13S2. The second-order valence-electron chi connectivity index (χ2n) is 24.2. The van der Waals surface area contributed by atoms with Gasteiger partial charge in [0.1, 0.15) is 92.0 Å². The molecule has 0 bridgehead atoms. The first-order valence-electron chi connectivity index (χ1n) is 34.0. The van der Waals surface area contributed by atoms with Crippen LogP contribution in [0.15, 0.2) is 209 Å². The van der Waals surface area contributed by atoms with Crippen molar-refractivity contribution >= 4 is 70.7 Å². The molecular weight excluding hydrogens is 1390 g/mol. The summed E-state index contributed by atoms with van der Waals surface area (Å²) in [7, 11) is 0. The molecule has 2 atom stereocenters. The second kappa shape index (κ2) is 37.2. The zero-order valence-corrected chi connectivity index (χ0v) is 60.4. The van der Waals surface area contributed by atoms with Gasteiger partial charge in [0.2, 0.25) is 5.70 Å². The molecule has 0 spiro atoms. The summed E-state index contributed by atoms with van der Waals surface area (Å²) in [6.45, 7) is 17.2. The number of nitrogens with zero attached hydrogens (tertiary/aromatic N) is 8. The van der Waals surface area contributed by atoms with Gasteiger partial charge in [-0.25, -0.2) is 4.85 Å². The summed E-state index contributed by atoms with van der Waals surface area (Å²) in [5.74, 6) is 3.59. The number of carbonyl (C=O) groups is 1. The van der Waals surface area contributed by atoms with Crippen molar-refractivity contribution in [2.45, 2.75) is 45.2 Å². The van der Waals surface area contributed by atoms with Gasteiger partial charge in [-0.05, 0) is 103 Å². The van der Waals surface area contributed by atoms with Crippen LogP contribution in [0.3, 0.4) is 0 Å². The maximum Gasteiger partial charge on any atom is 0.237 e. The molecule has 2 aromatic heterocycles. The Labute approximate surface area is 628 Å². The third-order valence-corrected chi connectivity index (χ3v) is 19.7. The number of nitriles is 5. The Balaban J connectivity index is 0.000000192. The van der Waals surface area contributed by atoms with Crippen molar-refractivity contribution in [3.05, 3.63) is 273 Å². The van der Waals surface area contributed by atoms with Crippen LogP contribution in [0, 0.1) is 63.2 Å². The maximum atomic E-state index is 11.4. The predicted octanol–water partition coefficient (Wildman–Crippen LogP) is 14.4. The monoisotopic (exact) mass is 1470 g/mol. The number of hydrogen-bond donors (Lipinski definition) is 4. The molecule has 6 heterocycles. The van der Waals surface area contributed by atoms with Gasteiger partial charge in [0.05, 0.1) is 53.2 Å². The van der Waals surface area contributed by atoms with E-state index in [4.69, 9.17) is 55.0 Å². The Kier molecular flexibility index (Phi) is 26.7. The number of carbonyl (C=O) groups excluding carboxylic acids is 1. The Bertz CT molecular complexity index is 4960. The average molecular weight is 1470 g/mol.